The van der Waals surface area contributed by atoms with E-state index in [1.54, 1.807) is 6.20 Å². The Hall–Kier alpha value is -1.81. The molecule has 3 rings (SSSR count). The first-order valence-electron chi connectivity index (χ1n) is 7.67. The average Bonchev–Trinajstić information content (AvgIpc) is 2.90. The predicted octanol–water partition coefficient (Wildman–Crippen LogP) is 4.14. The van der Waals surface area contributed by atoms with E-state index in [0.717, 1.165) is 29.4 Å². The van der Waals surface area contributed by atoms with Crippen molar-refractivity contribution in [2.45, 2.75) is 32.7 Å². The molecule has 2 atom stereocenters. The van der Waals surface area contributed by atoms with Gasteiger partial charge in [-0.2, -0.15) is 0 Å². The van der Waals surface area contributed by atoms with E-state index in [2.05, 4.69) is 42.5 Å². The van der Waals surface area contributed by atoms with Crippen molar-refractivity contribution < 1.29 is 0 Å². The molecule has 0 spiro atoms. The van der Waals surface area contributed by atoms with Crippen molar-refractivity contribution in [2.24, 2.45) is 5.92 Å². The maximum atomic E-state index is 6.09. The summed E-state index contributed by atoms with van der Waals surface area (Å²) in [4.78, 5) is 9.13. The second-order valence-electron chi connectivity index (χ2n) is 6.15. The highest BCUT2D eigenvalue weighted by Gasteiger charge is 2.26. The van der Waals surface area contributed by atoms with Crippen LogP contribution in [0.5, 0.6) is 0 Å². The lowest BCUT2D eigenvalue weighted by atomic mass is 9.99. The number of aromatic nitrogens is 2. The summed E-state index contributed by atoms with van der Waals surface area (Å²) in [7, 11) is 0. The minimum atomic E-state index is 0.192. The van der Waals surface area contributed by atoms with Crippen molar-refractivity contribution in [3.05, 3.63) is 46.7 Å². The molecule has 1 aliphatic heterocycles. The van der Waals surface area contributed by atoms with Gasteiger partial charge in [0.25, 0.3) is 0 Å². The first kappa shape index (κ1) is 15.1. The van der Waals surface area contributed by atoms with Gasteiger partial charge in [-0.1, -0.05) is 31.5 Å². The first-order valence-corrected chi connectivity index (χ1v) is 8.05. The van der Waals surface area contributed by atoms with E-state index < -0.39 is 0 Å². The third kappa shape index (κ3) is 3.02. The van der Waals surface area contributed by atoms with Gasteiger partial charge in [-0.3, -0.25) is 0 Å². The lowest BCUT2D eigenvalue weighted by molar-refractivity contribution is 0.558. The van der Waals surface area contributed by atoms with Gasteiger partial charge in [-0.15, -0.1) is 0 Å². The van der Waals surface area contributed by atoms with Crippen molar-refractivity contribution in [3.63, 3.8) is 0 Å². The van der Waals surface area contributed by atoms with Crippen molar-refractivity contribution >= 4 is 23.2 Å². The fraction of sp³-hybridized carbons (Fsp3) is 0.412. The zero-order valence-corrected chi connectivity index (χ0v) is 13.9. The third-order valence-electron chi connectivity index (χ3n) is 4.24. The number of rotatable bonds is 4. The van der Waals surface area contributed by atoms with Gasteiger partial charge >= 0.3 is 0 Å². The summed E-state index contributed by atoms with van der Waals surface area (Å²) in [5, 5.41) is 7.45. The smallest absolute Gasteiger partial charge is 0.130 e. The highest BCUT2D eigenvalue weighted by Crippen LogP contribution is 2.35. The molecule has 0 aliphatic carbocycles. The van der Waals surface area contributed by atoms with Gasteiger partial charge < -0.3 is 10.6 Å². The van der Waals surface area contributed by atoms with Crippen molar-refractivity contribution in [2.75, 3.05) is 17.2 Å². The van der Waals surface area contributed by atoms with Crippen LogP contribution in [0.1, 0.15) is 37.9 Å². The van der Waals surface area contributed by atoms with Crippen LogP contribution in [0.3, 0.4) is 0 Å². The summed E-state index contributed by atoms with van der Waals surface area (Å²) in [6.07, 6.45) is 1.67. The van der Waals surface area contributed by atoms with Crippen LogP contribution in [-0.2, 0) is 0 Å². The number of anilines is 2. The van der Waals surface area contributed by atoms with Crippen LogP contribution >= 0.6 is 11.6 Å². The second-order valence-corrected chi connectivity index (χ2v) is 6.59. The van der Waals surface area contributed by atoms with Crippen molar-refractivity contribution in [1.29, 1.82) is 0 Å². The summed E-state index contributed by atoms with van der Waals surface area (Å²) in [5.74, 6) is 2.58. The van der Waals surface area contributed by atoms with E-state index in [9.17, 15) is 0 Å². The number of nitrogens with one attached hydrogen (secondary N) is 2. The van der Waals surface area contributed by atoms with Gasteiger partial charge in [0.1, 0.15) is 11.6 Å². The van der Waals surface area contributed by atoms with Crippen LogP contribution in [0, 0.1) is 5.92 Å². The van der Waals surface area contributed by atoms with Crippen LogP contribution in [0.15, 0.2) is 30.5 Å². The minimum absolute atomic E-state index is 0.192. The summed E-state index contributed by atoms with van der Waals surface area (Å²) >= 11 is 6.09. The Morgan fingerprint density at radius 2 is 2.14 bits per heavy atom. The summed E-state index contributed by atoms with van der Waals surface area (Å²) < 4.78 is 0. The molecule has 2 aromatic rings. The Kier molecular flexibility index (Phi) is 4.21. The van der Waals surface area contributed by atoms with E-state index in [1.807, 2.05) is 18.2 Å². The Morgan fingerprint density at radius 1 is 1.32 bits per heavy atom. The van der Waals surface area contributed by atoms with Crippen LogP contribution < -0.4 is 10.6 Å². The minimum Gasteiger partial charge on any atom is -0.369 e. The Morgan fingerprint density at radius 3 is 2.91 bits per heavy atom. The van der Waals surface area contributed by atoms with Gasteiger partial charge in [0.15, 0.2) is 0 Å². The summed E-state index contributed by atoms with van der Waals surface area (Å²) in [6, 6.07) is 8.49. The van der Waals surface area contributed by atoms with Crippen LogP contribution in [0.4, 0.5) is 11.6 Å². The SMILES string of the molecule is CC(C)[C@@H](C)Nc1cccc(C2CNc3ncc(Cl)cc32)n1. The van der Waals surface area contributed by atoms with E-state index in [1.165, 1.54) is 0 Å². The molecule has 4 nitrogen and oxygen atoms in total. The average molecular weight is 317 g/mol. The maximum Gasteiger partial charge on any atom is 0.130 e. The standard InChI is InChI=1S/C17H21ClN4/c1-10(2)11(3)21-16-6-4-5-15(22-16)14-9-20-17-13(14)7-12(18)8-19-17/h4-8,10-11,14H,9H2,1-3H3,(H,19,20)(H,21,22)/t11-,14?/m1/s1. The molecule has 0 saturated carbocycles. The van der Waals surface area contributed by atoms with E-state index in [-0.39, 0.29) is 5.92 Å². The van der Waals surface area contributed by atoms with Gasteiger partial charge in [0, 0.05) is 30.3 Å². The lowest BCUT2D eigenvalue weighted by Gasteiger charge is -2.19. The molecule has 116 valence electrons. The molecule has 1 unspecified atom stereocenters. The number of halogens is 1. The van der Waals surface area contributed by atoms with Crippen LogP contribution in [0.2, 0.25) is 5.02 Å². The molecule has 0 amide bonds. The third-order valence-corrected chi connectivity index (χ3v) is 4.44. The van der Waals surface area contributed by atoms with Gasteiger partial charge in [-0.05, 0) is 31.0 Å². The Balaban J connectivity index is 1.87. The molecule has 5 heteroatoms. The molecular formula is C17H21ClN4. The maximum absolute atomic E-state index is 6.09. The predicted molar refractivity (Wildman–Crippen MR) is 91.7 cm³/mol. The number of hydrogen-bond acceptors (Lipinski definition) is 4. The summed E-state index contributed by atoms with van der Waals surface area (Å²) in [5.41, 5.74) is 2.16. The normalized spacial score (nSPS) is 18.0. The molecule has 0 bridgehead atoms. The first-order chi connectivity index (χ1) is 10.5. The Labute approximate surface area is 136 Å². The molecule has 0 aromatic carbocycles. The highest BCUT2D eigenvalue weighted by atomic mass is 35.5. The topological polar surface area (TPSA) is 49.8 Å². The van der Waals surface area contributed by atoms with E-state index >= 15 is 0 Å². The Bertz CT molecular complexity index is 671. The molecule has 0 fully saturated rings. The van der Waals surface area contributed by atoms with E-state index in [4.69, 9.17) is 16.6 Å². The van der Waals surface area contributed by atoms with Crippen molar-refractivity contribution in [1.82, 2.24) is 9.97 Å². The second kappa shape index (κ2) is 6.13. The number of nitrogens with zero attached hydrogens (tertiary/aromatic N) is 2. The monoisotopic (exact) mass is 316 g/mol. The van der Waals surface area contributed by atoms with Crippen LogP contribution in [0.25, 0.3) is 0 Å². The van der Waals surface area contributed by atoms with E-state index in [0.29, 0.717) is 17.0 Å². The fourth-order valence-corrected chi connectivity index (χ4v) is 2.73. The van der Waals surface area contributed by atoms with Crippen molar-refractivity contribution in [3.8, 4) is 0 Å². The number of pyridine rings is 2. The molecular weight excluding hydrogens is 296 g/mol. The zero-order chi connectivity index (χ0) is 15.7. The largest absolute Gasteiger partial charge is 0.369 e. The highest BCUT2D eigenvalue weighted by molar-refractivity contribution is 6.30. The zero-order valence-electron chi connectivity index (χ0n) is 13.1. The molecule has 0 saturated heterocycles. The quantitative estimate of drug-likeness (QED) is 0.890. The van der Waals surface area contributed by atoms with Gasteiger partial charge in [-0.25, -0.2) is 9.97 Å². The van der Waals surface area contributed by atoms with Crippen LogP contribution in [-0.4, -0.2) is 22.6 Å². The molecule has 2 aromatic heterocycles. The van der Waals surface area contributed by atoms with Gasteiger partial charge in [0.05, 0.1) is 10.7 Å². The number of hydrogen-bond donors (Lipinski definition) is 2. The molecule has 0 radical (unpaired) electrons. The summed E-state index contributed by atoms with van der Waals surface area (Å²) in [6.45, 7) is 7.38. The fourth-order valence-electron chi connectivity index (χ4n) is 2.57. The molecule has 1 aliphatic rings. The molecule has 3 heterocycles. The molecule has 2 N–H and O–H groups in total. The number of fused-ring (bicyclic) bond motifs is 1. The van der Waals surface area contributed by atoms with Gasteiger partial charge in [0.2, 0.25) is 0 Å². The molecule has 22 heavy (non-hydrogen) atoms. The lowest BCUT2D eigenvalue weighted by Crippen LogP contribution is -2.22.